The molecule has 0 fully saturated rings. The number of phenols is 1. The zero-order valence-electron chi connectivity index (χ0n) is 18.1. The van der Waals surface area contributed by atoms with E-state index in [0.717, 1.165) is 16.9 Å². The van der Waals surface area contributed by atoms with Crippen LogP contribution >= 0.6 is 33.9 Å². The number of phenolic OH excluding ortho intramolecular Hbond substituents is 1. The van der Waals surface area contributed by atoms with E-state index in [1.165, 1.54) is 10.6 Å². The number of hydrogen-bond donors (Lipinski definition) is 2. The lowest BCUT2D eigenvalue weighted by Gasteiger charge is -2.28. The van der Waals surface area contributed by atoms with Crippen molar-refractivity contribution in [2.24, 2.45) is 4.99 Å². The van der Waals surface area contributed by atoms with Gasteiger partial charge < -0.3 is 14.9 Å². The van der Waals surface area contributed by atoms with Crippen LogP contribution in [0.4, 0.5) is 5.69 Å². The number of aromatic nitrogens is 1. The molecular weight excluding hydrogens is 573 g/mol. The molecule has 4 rings (SSSR count). The molecule has 3 aromatic rings. The van der Waals surface area contributed by atoms with Crippen LogP contribution in [0.2, 0.25) is 0 Å². The van der Waals surface area contributed by atoms with Crippen molar-refractivity contribution in [3.63, 3.8) is 0 Å². The molecule has 1 aliphatic rings. The Bertz CT molecular complexity index is 1480. The smallest absolute Gasteiger partial charge is 0.312 e. The van der Waals surface area contributed by atoms with E-state index >= 15 is 0 Å². The molecule has 2 heterocycles. The van der Waals surface area contributed by atoms with Gasteiger partial charge in [-0.05, 0) is 59.7 Å². The van der Waals surface area contributed by atoms with Gasteiger partial charge in [-0.2, -0.15) is 0 Å². The van der Waals surface area contributed by atoms with Crippen molar-refractivity contribution in [1.82, 2.24) is 4.57 Å². The Hall–Kier alpha value is -2.87. The molecule has 2 atom stereocenters. The Labute approximate surface area is 211 Å². The summed E-state index contributed by atoms with van der Waals surface area (Å²) in [6, 6.07) is 11.4. The van der Waals surface area contributed by atoms with Crippen LogP contribution in [0, 0.1) is 13.7 Å². The molecule has 2 N–H and O–H groups in total. The van der Waals surface area contributed by atoms with E-state index in [0.29, 0.717) is 29.7 Å². The molecule has 0 saturated carbocycles. The average molecular weight is 593 g/mol. The normalized spacial score (nSPS) is 16.8. The summed E-state index contributed by atoms with van der Waals surface area (Å²) in [5, 5.41) is 32.0. The van der Waals surface area contributed by atoms with Gasteiger partial charge >= 0.3 is 5.69 Å². The Morgan fingerprint density at radius 1 is 1.35 bits per heavy atom. The predicted molar refractivity (Wildman–Crippen MR) is 135 cm³/mol. The highest BCUT2D eigenvalue weighted by atomic mass is 127. The van der Waals surface area contributed by atoms with Crippen molar-refractivity contribution in [3.8, 4) is 5.75 Å². The van der Waals surface area contributed by atoms with Crippen LogP contribution in [-0.4, -0.2) is 32.6 Å². The Morgan fingerprint density at radius 3 is 2.71 bits per heavy atom. The van der Waals surface area contributed by atoms with Gasteiger partial charge in [-0.25, -0.2) is 4.99 Å². The molecule has 9 nitrogen and oxygen atoms in total. The van der Waals surface area contributed by atoms with E-state index < -0.39 is 28.7 Å². The summed E-state index contributed by atoms with van der Waals surface area (Å²) < 4.78 is 7.57. The number of nitro benzene ring substituents is 1. The van der Waals surface area contributed by atoms with Crippen LogP contribution in [0.5, 0.6) is 5.75 Å². The quantitative estimate of drug-likeness (QED) is 0.196. The van der Waals surface area contributed by atoms with Crippen LogP contribution in [0.3, 0.4) is 0 Å². The molecule has 0 spiro atoms. The maximum absolute atomic E-state index is 13.6. The van der Waals surface area contributed by atoms with Crippen LogP contribution in [0.15, 0.2) is 63.5 Å². The number of aliphatic hydroxyl groups excluding tert-OH is 1. The third-order valence-electron chi connectivity index (χ3n) is 5.34. The van der Waals surface area contributed by atoms with Gasteiger partial charge in [-0.15, -0.1) is 0 Å². The Morgan fingerprint density at radius 2 is 2.06 bits per heavy atom. The summed E-state index contributed by atoms with van der Waals surface area (Å²) in [4.78, 5) is 29.2. The molecule has 176 valence electrons. The molecule has 0 saturated heterocycles. The largest absolute Gasteiger partial charge is 0.501 e. The fourth-order valence-electron chi connectivity index (χ4n) is 3.84. The maximum Gasteiger partial charge on any atom is 0.312 e. The summed E-state index contributed by atoms with van der Waals surface area (Å²) in [6.07, 6.45) is 0.297. The van der Waals surface area contributed by atoms with Gasteiger partial charge in [0.15, 0.2) is 11.1 Å². The van der Waals surface area contributed by atoms with Crippen LogP contribution in [0.1, 0.15) is 31.0 Å². The van der Waals surface area contributed by atoms with Gasteiger partial charge in [-0.1, -0.05) is 41.7 Å². The van der Waals surface area contributed by atoms with Gasteiger partial charge in [0.2, 0.25) is 5.75 Å². The molecule has 2 aromatic carbocycles. The lowest BCUT2D eigenvalue weighted by Crippen LogP contribution is -2.40. The molecule has 2 unspecified atom stereocenters. The summed E-state index contributed by atoms with van der Waals surface area (Å²) in [7, 11) is 0. The van der Waals surface area contributed by atoms with Gasteiger partial charge in [0.1, 0.15) is 0 Å². The lowest BCUT2D eigenvalue weighted by atomic mass is 9.95. The Balaban J connectivity index is 1.95. The summed E-state index contributed by atoms with van der Waals surface area (Å²) in [5.41, 5.74) is 1.43. The molecule has 1 aromatic heterocycles. The first-order valence-corrected chi connectivity index (χ1v) is 12.2. The first kappa shape index (κ1) is 24.3. The molecule has 0 amide bonds. The summed E-state index contributed by atoms with van der Waals surface area (Å²) >= 11 is 2.95. The number of aliphatic hydroxyl groups is 1. The highest BCUT2D eigenvalue weighted by molar-refractivity contribution is 14.1. The standard InChI is InChI=1S/C23H20IN3O6S/c1-3-33-22(30)18-12(2)25-23-26(19(18)14-7-5-4-6-8-14)21(29)17(34-23)11-13-9-15(24)20(28)16(10-13)27(31)32/h4-11,19,22,28,30H,3H2,1-2H3/b17-11-. The van der Waals surface area contributed by atoms with E-state index in [4.69, 9.17) is 4.74 Å². The van der Waals surface area contributed by atoms with Gasteiger partial charge in [0, 0.05) is 23.9 Å². The van der Waals surface area contributed by atoms with E-state index in [1.807, 2.05) is 30.3 Å². The highest BCUT2D eigenvalue weighted by Gasteiger charge is 2.32. The fourth-order valence-corrected chi connectivity index (χ4v) is 5.52. The molecular formula is C23H20IN3O6S. The SMILES string of the molecule is CCOC(O)C1=C(C)N=c2s/c(=C\c3cc(I)c(O)c([N+](=O)[O-])c3)c(=O)n2C1c1ccccc1. The first-order valence-electron chi connectivity index (χ1n) is 10.3. The topological polar surface area (TPSA) is 127 Å². The van der Waals surface area contributed by atoms with E-state index in [-0.39, 0.29) is 12.2 Å². The molecule has 0 bridgehead atoms. The number of aromatic hydroxyl groups is 1. The summed E-state index contributed by atoms with van der Waals surface area (Å²) in [5.74, 6) is -0.418. The predicted octanol–water partition coefficient (Wildman–Crippen LogP) is 2.81. The maximum atomic E-state index is 13.6. The number of benzene rings is 2. The first-order chi connectivity index (χ1) is 16.2. The number of thiazole rings is 1. The van der Waals surface area contributed by atoms with E-state index in [1.54, 1.807) is 48.6 Å². The van der Waals surface area contributed by atoms with Crippen molar-refractivity contribution in [2.75, 3.05) is 6.61 Å². The monoisotopic (exact) mass is 593 g/mol. The lowest BCUT2D eigenvalue weighted by molar-refractivity contribution is -0.386. The van der Waals surface area contributed by atoms with Gasteiger partial charge in [0.05, 0.1) is 19.1 Å². The molecule has 0 radical (unpaired) electrons. The number of rotatable bonds is 6. The van der Waals surface area contributed by atoms with Crippen molar-refractivity contribution in [1.29, 1.82) is 0 Å². The fraction of sp³-hybridized carbons (Fsp3) is 0.217. The minimum Gasteiger partial charge on any atom is -0.501 e. The third kappa shape index (κ3) is 4.43. The van der Waals surface area contributed by atoms with Crippen molar-refractivity contribution >= 4 is 45.7 Å². The Kier molecular flexibility index (Phi) is 6.98. The van der Waals surface area contributed by atoms with Crippen LogP contribution < -0.4 is 14.9 Å². The molecule has 0 aliphatic carbocycles. The number of hydrogen-bond acceptors (Lipinski definition) is 8. The van der Waals surface area contributed by atoms with E-state index in [9.17, 15) is 25.1 Å². The summed E-state index contributed by atoms with van der Waals surface area (Å²) in [6.45, 7) is 3.81. The van der Waals surface area contributed by atoms with Crippen molar-refractivity contribution in [2.45, 2.75) is 26.2 Å². The second-order valence-electron chi connectivity index (χ2n) is 7.47. The second kappa shape index (κ2) is 9.78. The van der Waals surface area contributed by atoms with Crippen molar-refractivity contribution in [3.05, 3.63) is 98.2 Å². The average Bonchev–Trinajstić information content (AvgIpc) is 3.10. The van der Waals surface area contributed by atoms with Crippen LogP contribution in [-0.2, 0) is 4.74 Å². The number of allylic oxidation sites excluding steroid dienone is 1. The minimum absolute atomic E-state index is 0.280. The van der Waals surface area contributed by atoms with Gasteiger partial charge in [0.25, 0.3) is 5.56 Å². The zero-order valence-corrected chi connectivity index (χ0v) is 21.1. The minimum atomic E-state index is -1.24. The number of nitrogens with zero attached hydrogens (tertiary/aromatic N) is 3. The highest BCUT2D eigenvalue weighted by Crippen LogP contribution is 2.33. The molecule has 11 heteroatoms. The second-order valence-corrected chi connectivity index (χ2v) is 9.64. The zero-order chi connectivity index (χ0) is 24.6. The molecule has 34 heavy (non-hydrogen) atoms. The number of fused-ring (bicyclic) bond motifs is 1. The van der Waals surface area contributed by atoms with Crippen molar-refractivity contribution < 1.29 is 19.9 Å². The molecule has 1 aliphatic heterocycles. The van der Waals surface area contributed by atoms with Gasteiger partial charge in [-0.3, -0.25) is 19.5 Å². The number of halogens is 1. The van der Waals surface area contributed by atoms with E-state index in [2.05, 4.69) is 4.99 Å². The number of nitro groups is 1. The number of ether oxygens (including phenoxy) is 1. The van der Waals surface area contributed by atoms with Crippen LogP contribution in [0.25, 0.3) is 6.08 Å². The third-order valence-corrected chi connectivity index (χ3v) is 7.14.